The lowest BCUT2D eigenvalue weighted by Gasteiger charge is -2.19. The zero-order valence-corrected chi connectivity index (χ0v) is 13.4. The highest BCUT2D eigenvalue weighted by molar-refractivity contribution is 5.95. The second-order valence-corrected chi connectivity index (χ2v) is 5.93. The molecule has 0 heterocycles. The number of urea groups is 1. The summed E-state index contributed by atoms with van der Waals surface area (Å²) in [6, 6.07) is 19.6. The van der Waals surface area contributed by atoms with Gasteiger partial charge in [-0.15, -0.1) is 0 Å². The van der Waals surface area contributed by atoms with E-state index in [2.05, 4.69) is 16.0 Å². The highest BCUT2D eigenvalue weighted by atomic mass is 16.2. The van der Waals surface area contributed by atoms with E-state index in [-0.39, 0.29) is 24.5 Å². The molecule has 2 aromatic rings. The number of hydrogen-bond donors (Lipinski definition) is 3. The van der Waals surface area contributed by atoms with Crippen LogP contribution in [0.15, 0.2) is 60.7 Å². The Hall–Kier alpha value is -2.66. The fraction of sp³-hybridized carbons (Fsp3) is 0.263. The molecular weight excluding hydrogens is 302 g/mol. The van der Waals surface area contributed by atoms with Crippen LogP contribution in [0.5, 0.6) is 0 Å². The first-order valence-electron chi connectivity index (χ1n) is 8.16. The van der Waals surface area contributed by atoms with E-state index < -0.39 is 6.03 Å². The summed E-state index contributed by atoms with van der Waals surface area (Å²) < 4.78 is 0. The van der Waals surface area contributed by atoms with Crippen molar-refractivity contribution < 1.29 is 9.59 Å². The van der Waals surface area contributed by atoms with Crippen molar-refractivity contribution in [2.45, 2.75) is 24.9 Å². The van der Waals surface area contributed by atoms with Gasteiger partial charge in [0.2, 0.25) is 5.91 Å². The van der Waals surface area contributed by atoms with Gasteiger partial charge in [-0.05, 0) is 24.0 Å². The van der Waals surface area contributed by atoms with Gasteiger partial charge >= 0.3 is 6.03 Å². The van der Waals surface area contributed by atoms with Gasteiger partial charge in [-0.2, -0.15) is 0 Å². The molecule has 0 atom stereocenters. The van der Waals surface area contributed by atoms with Gasteiger partial charge in [0.25, 0.3) is 0 Å². The second kappa shape index (κ2) is 7.75. The predicted octanol–water partition coefficient (Wildman–Crippen LogP) is 2.35. The summed E-state index contributed by atoms with van der Waals surface area (Å²) in [5, 5.41) is 8.33. The number of nitrogens with one attached hydrogen (secondary N) is 3. The second-order valence-electron chi connectivity index (χ2n) is 5.93. The number of carbonyl (C=O) groups excluding carboxylic acids is 2. The molecule has 0 unspecified atom stereocenters. The predicted molar refractivity (Wildman–Crippen MR) is 92.4 cm³/mol. The lowest BCUT2D eigenvalue weighted by Crippen LogP contribution is -2.44. The van der Waals surface area contributed by atoms with E-state index in [1.54, 1.807) is 0 Å². The summed E-state index contributed by atoms with van der Waals surface area (Å²) >= 11 is 0. The van der Waals surface area contributed by atoms with Gasteiger partial charge < -0.3 is 5.32 Å². The molecule has 0 spiro atoms. The first-order valence-corrected chi connectivity index (χ1v) is 8.16. The molecule has 0 saturated heterocycles. The monoisotopic (exact) mass is 323 g/mol. The molecule has 3 amide bonds. The Morgan fingerprint density at radius 1 is 0.917 bits per heavy atom. The van der Waals surface area contributed by atoms with Crippen LogP contribution in [0, 0.1) is 0 Å². The van der Waals surface area contributed by atoms with Crippen molar-refractivity contribution in [3.05, 3.63) is 71.8 Å². The fourth-order valence-corrected chi connectivity index (χ4v) is 2.53. The van der Waals surface area contributed by atoms with Crippen LogP contribution in [-0.2, 0) is 4.79 Å². The Balaban J connectivity index is 1.61. The molecule has 1 aliphatic carbocycles. The van der Waals surface area contributed by atoms with E-state index in [9.17, 15) is 9.59 Å². The third kappa shape index (κ3) is 4.67. The van der Waals surface area contributed by atoms with E-state index in [0.717, 1.165) is 24.0 Å². The van der Waals surface area contributed by atoms with Crippen molar-refractivity contribution in [3.63, 3.8) is 0 Å². The largest absolute Gasteiger partial charge is 0.335 e. The first-order chi connectivity index (χ1) is 11.7. The Morgan fingerprint density at radius 3 is 1.96 bits per heavy atom. The number of carbonyl (C=O) groups is 2. The smallest absolute Gasteiger partial charge is 0.321 e. The molecule has 24 heavy (non-hydrogen) atoms. The zero-order valence-electron chi connectivity index (χ0n) is 13.4. The molecular formula is C19H21N3O2. The maximum absolute atomic E-state index is 12.0. The molecule has 124 valence electrons. The number of rotatable bonds is 6. The standard InChI is InChI=1S/C19H21N3O2/c23-17(22-19(24)21-16-11-12-16)13-20-18(14-7-3-1-4-8-14)15-9-5-2-6-10-15/h1-10,16,18,20H,11-13H2,(H2,21,22,23,24). The molecule has 0 bridgehead atoms. The summed E-state index contributed by atoms with van der Waals surface area (Å²) in [4.78, 5) is 23.6. The van der Waals surface area contributed by atoms with E-state index in [1.807, 2.05) is 60.7 Å². The molecule has 0 aromatic heterocycles. The highest BCUT2D eigenvalue weighted by Crippen LogP contribution is 2.21. The maximum atomic E-state index is 12.0. The van der Waals surface area contributed by atoms with Crippen LogP contribution in [0.2, 0.25) is 0 Å². The van der Waals surface area contributed by atoms with Crippen LogP contribution >= 0.6 is 0 Å². The van der Waals surface area contributed by atoms with Crippen LogP contribution in [0.25, 0.3) is 0 Å². The Bertz CT molecular complexity index is 645. The van der Waals surface area contributed by atoms with Crippen molar-refractivity contribution >= 4 is 11.9 Å². The molecule has 1 fully saturated rings. The molecule has 3 rings (SSSR count). The molecule has 0 radical (unpaired) electrons. The number of amides is 3. The minimum atomic E-state index is -0.416. The molecule has 5 nitrogen and oxygen atoms in total. The van der Waals surface area contributed by atoms with E-state index >= 15 is 0 Å². The van der Waals surface area contributed by atoms with E-state index in [0.29, 0.717) is 0 Å². The topological polar surface area (TPSA) is 70.2 Å². The maximum Gasteiger partial charge on any atom is 0.321 e. The highest BCUT2D eigenvalue weighted by Gasteiger charge is 2.24. The number of imide groups is 1. The fourth-order valence-electron chi connectivity index (χ4n) is 2.53. The summed E-state index contributed by atoms with van der Waals surface area (Å²) in [5.74, 6) is -0.343. The molecule has 2 aromatic carbocycles. The minimum absolute atomic E-state index is 0.0620. The normalized spacial score (nSPS) is 13.5. The van der Waals surface area contributed by atoms with Gasteiger partial charge in [-0.1, -0.05) is 60.7 Å². The van der Waals surface area contributed by atoms with Crippen LogP contribution in [0.1, 0.15) is 30.0 Å². The summed E-state index contributed by atoms with van der Waals surface area (Å²) in [7, 11) is 0. The van der Waals surface area contributed by atoms with Crippen LogP contribution in [0.4, 0.5) is 4.79 Å². The molecule has 5 heteroatoms. The Kier molecular flexibility index (Phi) is 5.23. The first kappa shape index (κ1) is 16.2. The summed E-state index contributed by atoms with van der Waals surface area (Å²) in [6.45, 7) is 0.0620. The van der Waals surface area contributed by atoms with Gasteiger partial charge in [-0.3, -0.25) is 15.4 Å². The summed E-state index contributed by atoms with van der Waals surface area (Å²) in [6.07, 6.45) is 1.98. The van der Waals surface area contributed by atoms with Crippen molar-refractivity contribution in [1.82, 2.24) is 16.0 Å². The lowest BCUT2D eigenvalue weighted by atomic mass is 9.99. The zero-order chi connectivity index (χ0) is 16.8. The van der Waals surface area contributed by atoms with E-state index in [4.69, 9.17) is 0 Å². The molecule has 3 N–H and O–H groups in total. The van der Waals surface area contributed by atoms with Gasteiger partial charge in [-0.25, -0.2) is 4.79 Å². The van der Waals surface area contributed by atoms with Gasteiger partial charge in [0.05, 0.1) is 12.6 Å². The van der Waals surface area contributed by atoms with Crippen LogP contribution in [0.3, 0.4) is 0 Å². The third-order valence-electron chi connectivity index (χ3n) is 3.90. The lowest BCUT2D eigenvalue weighted by molar-refractivity contribution is -0.119. The molecule has 1 aliphatic rings. The van der Waals surface area contributed by atoms with Gasteiger partial charge in [0, 0.05) is 6.04 Å². The van der Waals surface area contributed by atoms with Crippen molar-refractivity contribution in [2.24, 2.45) is 0 Å². The molecule has 1 saturated carbocycles. The van der Waals surface area contributed by atoms with Crippen LogP contribution in [-0.4, -0.2) is 24.5 Å². The Morgan fingerprint density at radius 2 is 1.46 bits per heavy atom. The average molecular weight is 323 g/mol. The van der Waals surface area contributed by atoms with Crippen molar-refractivity contribution in [2.75, 3.05) is 6.54 Å². The number of hydrogen-bond acceptors (Lipinski definition) is 3. The van der Waals surface area contributed by atoms with E-state index in [1.165, 1.54) is 0 Å². The minimum Gasteiger partial charge on any atom is -0.335 e. The quantitative estimate of drug-likeness (QED) is 0.764. The Labute approximate surface area is 141 Å². The summed E-state index contributed by atoms with van der Waals surface area (Å²) in [5.41, 5.74) is 2.14. The van der Waals surface area contributed by atoms with Crippen molar-refractivity contribution in [3.8, 4) is 0 Å². The third-order valence-corrected chi connectivity index (χ3v) is 3.90. The van der Waals surface area contributed by atoms with Crippen LogP contribution < -0.4 is 16.0 Å². The molecule has 0 aliphatic heterocycles. The SMILES string of the molecule is O=C(CNC(c1ccccc1)c1ccccc1)NC(=O)NC1CC1. The van der Waals surface area contributed by atoms with Gasteiger partial charge in [0.15, 0.2) is 0 Å². The number of benzene rings is 2. The van der Waals surface area contributed by atoms with Crippen molar-refractivity contribution in [1.29, 1.82) is 0 Å². The average Bonchev–Trinajstić information content (AvgIpc) is 3.41. The van der Waals surface area contributed by atoms with Gasteiger partial charge in [0.1, 0.15) is 0 Å².